The SMILES string of the molecule is N#Cc1cccnc1N1CCN(C(=O)Nc2cc(C(F)(F)F)ccc2N2CCOCC2)CC1. The highest BCUT2D eigenvalue weighted by Crippen LogP contribution is 2.36. The Morgan fingerprint density at radius 3 is 2.45 bits per heavy atom. The molecule has 2 amide bonds. The van der Waals surface area contributed by atoms with Gasteiger partial charge in [0.15, 0.2) is 0 Å². The number of nitrogens with zero attached hydrogens (tertiary/aromatic N) is 5. The molecule has 0 atom stereocenters. The molecule has 2 aliphatic rings. The van der Waals surface area contributed by atoms with Crippen LogP contribution in [0.2, 0.25) is 0 Å². The van der Waals surface area contributed by atoms with Crippen LogP contribution in [0.4, 0.5) is 35.2 Å². The maximum absolute atomic E-state index is 13.3. The van der Waals surface area contributed by atoms with Gasteiger partial charge in [0.25, 0.3) is 0 Å². The number of benzene rings is 1. The van der Waals surface area contributed by atoms with Gasteiger partial charge in [0.2, 0.25) is 0 Å². The number of halogens is 3. The number of pyridine rings is 1. The summed E-state index contributed by atoms with van der Waals surface area (Å²) in [4.78, 5) is 22.6. The lowest BCUT2D eigenvalue weighted by molar-refractivity contribution is -0.137. The van der Waals surface area contributed by atoms with Gasteiger partial charge in [0.1, 0.15) is 11.9 Å². The van der Waals surface area contributed by atoms with Crippen molar-refractivity contribution in [2.24, 2.45) is 0 Å². The molecule has 0 aliphatic carbocycles. The molecule has 1 aromatic carbocycles. The van der Waals surface area contributed by atoms with E-state index in [2.05, 4.69) is 16.4 Å². The van der Waals surface area contributed by atoms with Crippen LogP contribution in [0.1, 0.15) is 11.1 Å². The number of aromatic nitrogens is 1. The summed E-state index contributed by atoms with van der Waals surface area (Å²) in [6.45, 7) is 3.59. The van der Waals surface area contributed by atoms with Crippen LogP contribution in [0.25, 0.3) is 0 Å². The third kappa shape index (κ3) is 5.12. The zero-order valence-corrected chi connectivity index (χ0v) is 17.8. The van der Waals surface area contributed by atoms with Crippen molar-refractivity contribution in [2.75, 3.05) is 67.6 Å². The third-order valence-corrected chi connectivity index (χ3v) is 5.69. The van der Waals surface area contributed by atoms with Crippen molar-refractivity contribution in [3.63, 3.8) is 0 Å². The smallest absolute Gasteiger partial charge is 0.378 e. The van der Waals surface area contributed by atoms with Gasteiger partial charge in [-0.15, -0.1) is 0 Å². The number of carbonyl (C=O) groups is 1. The number of amides is 2. The van der Waals surface area contributed by atoms with Gasteiger partial charge < -0.3 is 24.8 Å². The number of piperazine rings is 1. The fourth-order valence-corrected chi connectivity index (χ4v) is 3.94. The average Bonchev–Trinajstić information content (AvgIpc) is 2.84. The quantitative estimate of drug-likeness (QED) is 0.758. The van der Waals surface area contributed by atoms with Crippen molar-refractivity contribution in [3.05, 3.63) is 47.7 Å². The summed E-state index contributed by atoms with van der Waals surface area (Å²) in [7, 11) is 0. The van der Waals surface area contributed by atoms with E-state index in [9.17, 15) is 23.2 Å². The van der Waals surface area contributed by atoms with Gasteiger partial charge >= 0.3 is 12.2 Å². The van der Waals surface area contributed by atoms with Gasteiger partial charge in [0, 0.05) is 45.5 Å². The molecule has 0 unspecified atom stereocenters. The molecule has 2 fully saturated rings. The van der Waals surface area contributed by atoms with E-state index in [1.807, 2.05) is 9.80 Å². The Kier molecular flexibility index (Phi) is 6.55. The van der Waals surface area contributed by atoms with Crippen LogP contribution in [0, 0.1) is 11.3 Å². The Morgan fingerprint density at radius 1 is 1.06 bits per heavy atom. The summed E-state index contributed by atoms with van der Waals surface area (Å²) in [6.07, 6.45) is -2.91. The summed E-state index contributed by atoms with van der Waals surface area (Å²) in [5.74, 6) is 0.563. The predicted molar refractivity (Wildman–Crippen MR) is 116 cm³/mol. The van der Waals surface area contributed by atoms with E-state index in [1.54, 1.807) is 23.2 Å². The summed E-state index contributed by atoms with van der Waals surface area (Å²) >= 11 is 0. The molecule has 0 saturated carbocycles. The van der Waals surface area contributed by atoms with E-state index in [0.717, 1.165) is 12.1 Å². The van der Waals surface area contributed by atoms with Crippen LogP contribution in [0.15, 0.2) is 36.5 Å². The van der Waals surface area contributed by atoms with Gasteiger partial charge in [0.05, 0.1) is 35.7 Å². The second-order valence-electron chi connectivity index (χ2n) is 7.72. The standard InChI is InChI=1S/C22H23F3N6O2/c23-22(24,25)17-3-4-19(29-10-12-33-13-11-29)18(14-17)28-21(32)31-8-6-30(7-9-31)20-16(15-26)2-1-5-27-20/h1-5,14H,6-13H2,(H,28,32). The Bertz CT molecular complexity index is 1040. The number of carbonyl (C=O) groups excluding carboxylic acids is 1. The van der Waals surface area contributed by atoms with Gasteiger partial charge in [-0.3, -0.25) is 0 Å². The number of urea groups is 1. The minimum Gasteiger partial charge on any atom is -0.378 e. The molecule has 2 aromatic rings. The van der Waals surface area contributed by atoms with Crippen molar-refractivity contribution in [1.82, 2.24) is 9.88 Å². The number of nitrogens with one attached hydrogen (secondary N) is 1. The molecule has 11 heteroatoms. The lowest BCUT2D eigenvalue weighted by Crippen LogP contribution is -2.50. The molecule has 4 rings (SSSR count). The van der Waals surface area contributed by atoms with Crippen molar-refractivity contribution >= 4 is 23.2 Å². The number of alkyl halides is 3. The first-order valence-electron chi connectivity index (χ1n) is 10.6. The van der Waals surface area contributed by atoms with E-state index in [0.29, 0.717) is 69.6 Å². The first-order valence-corrected chi connectivity index (χ1v) is 10.6. The fraction of sp³-hybridized carbons (Fsp3) is 0.409. The Labute approximate surface area is 189 Å². The lowest BCUT2D eigenvalue weighted by atomic mass is 10.1. The first kappa shape index (κ1) is 22.7. The van der Waals surface area contributed by atoms with Crippen molar-refractivity contribution in [3.8, 4) is 6.07 Å². The monoisotopic (exact) mass is 460 g/mol. The number of hydrogen-bond acceptors (Lipinski definition) is 6. The summed E-state index contributed by atoms with van der Waals surface area (Å²) in [5, 5.41) is 12.0. The molecule has 2 aliphatic heterocycles. The van der Waals surface area contributed by atoms with E-state index in [4.69, 9.17) is 4.74 Å². The molecule has 174 valence electrons. The number of ether oxygens (including phenoxy) is 1. The molecule has 1 N–H and O–H groups in total. The van der Waals surface area contributed by atoms with E-state index in [-0.39, 0.29) is 5.69 Å². The Balaban J connectivity index is 1.48. The second-order valence-corrected chi connectivity index (χ2v) is 7.72. The Morgan fingerprint density at radius 2 is 1.79 bits per heavy atom. The minimum absolute atomic E-state index is 0.121. The zero-order chi connectivity index (χ0) is 23.4. The molecule has 2 saturated heterocycles. The molecule has 3 heterocycles. The lowest BCUT2D eigenvalue weighted by Gasteiger charge is -2.36. The topological polar surface area (TPSA) is 84.7 Å². The van der Waals surface area contributed by atoms with Crippen LogP contribution in [-0.4, -0.2) is 68.4 Å². The largest absolute Gasteiger partial charge is 0.416 e. The van der Waals surface area contributed by atoms with Crippen LogP contribution < -0.4 is 15.1 Å². The number of morpholine rings is 1. The predicted octanol–water partition coefficient (Wildman–Crippen LogP) is 3.16. The third-order valence-electron chi connectivity index (χ3n) is 5.69. The number of nitriles is 1. The number of rotatable bonds is 3. The summed E-state index contributed by atoms with van der Waals surface area (Å²) < 4.78 is 45.3. The van der Waals surface area contributed by atoms with Gasteiger partial charge in [-0.25, -0.2) is 9.78 Å². The highest BCUT2D eigenvalue weighted by Gasteiger charge is 2.32. The van der Waals surface area contributed by atoms with Crippen molar-refractivity contribution < 1.29 is 22.7 Å². The maximum atomic E-state index is 13.3. The highest BCUT2D eigenvalue weighted by molar-refractivity contribution is 5.93. The van der Waals surface area contributed by atoms with Crippen molar-refractivity contribution in [1.29, 1.82) is 5.26 Å². The zero-order valence-electron chi connectivity index (χ0n) is 17.8. The number of hydrogen-bond donors (Lipinski definition) is 1. The van der Waals surface area contributed by atoms with Crippen molar-refractivity contribution in [2.45, 2.75) is 6.18 Å². The van der Waals surface area contributed by atoms with Gasteiger partial charge in [-0.1, -0.05) is 0 Å². The number of anilines is 3. The molecular weight excluding hydrogens is 437 g/mol. The van der Waals surface area contributed by atoms with Gasteiger partial charge in [-0.2, -0.15) is 18.4 Å². The molecule has 0 bridgehead atoms. The molecule has 0 radical (unpaired) electrons. The first-order chi connectivity index (χ1) is 15.9. The van der Waals surface area contributed by atoms with E-state index < -0.39 is 17.8 Å². The summed E-state index contributed by atoms with van der Waals surface area (Å²) in [6, 6.07) is 8.41. The molecule has 0 spiro atoms. The van der Waals surface area contributed by atoms with Crippen LogP contribution in [-0.2, 0) is 10.9 Å². The molecule has 8 nitrogen and oxygen atoms in total. The second kappa shape index (κ2) is 9.54. The minimum atomic E-state index is -4.52. The van der Waals surface area contributed by atoms with Crippen LogP contribution in [0.5, 0.6) is 0 Å². The molecule has 1 aromatic heterocycles. The van der Waals surface area contributed by atoms with Crippen LogP contribution in [0.3, 0.4) is 0 Å². The highest BCUT2D eigenvalue weighted by atomic mass is 19.4. The normalized spacial score (nSPS) is 17.0. The molecular formula is C22H23F3N6O2. The average molecular weight is 460 g/mol. The molecule has 33 heavy (non-hydrogen) atoms. The van der Waals surface area contributed by atoms with E-state index in [1.165, 1.54) is 6.07 Å². The summed E-state index contributed by atoms with van der Waals surface area (Å²) in [5.41, 5.74) is 0.286. The van der Waals surface area contributed by atoms with Gasteiger partial charge in [-0.05, 0) is 30.3 Å². The Hall–Kier alpha value is -3.52. The van der Waals surface area contributed by atoms with Crippen LogP contribution >= 0.6 is 0 Å². The fourth-order valence-electron chi connectivity index (χ4n) is 3.94. The maximum Gasteiger partial charge on any atom is 0.416 e. The van der Waals surface area contributed by atoms with E-state index >= 15 is 0 Å².